The summed E-state index contributed by atoms with van der Waals surface area (Å²) < 4.78 is 68.6. The Hall–Kier alpha value is -1.94. The Balaban J connectivity index is 5.21. The highest BCUT2D eigenvalue weighted by Gasteiger charge is 2.30. The fourth-order valence-corrected chi connectivity index (χ4v) is 13.7. The van der Waals surface area contributed by atoms with E-state index in [9.17, 15) is 43.2 Å². The maximum Gasteiger partial charge on any atom is 0.472 e. The van der Waals surface area contributed by atoms with E-state index < -0.39 is 97.5 Å². The molecule has 0 aliphatic heterocycles. The van der Waals surface area contributed by atoms with Crippen molar-refractivity contribution in [2.75, 3.05) is 39.6 Å². The molecule has 0 aromatic carbocycles. The van der Waals surface area contributed by atoms with Gasteiger partial charge in [0.25, 0.3) is 0 Å². The molecule has 0 heterocycles. The SMILES string of the molecule is CCCCCCCCCCC(=O)OC[C@H](COP(=O)(O)OC[C@H](O)COP(=O)(O)OC[C@@H](COC(=O)CCCCCCCCCCCCCCCCC(C)CC)OC(=O)CCCCCCCCCCCCCCCCCC(C)C)OC(=O)CCCCCCCCCCCCCC(C)C. The number of aliphatic hydroxyl groups is 1. The van der Waals surface area contributed by atoms with Gasteiger partial charge in [-0.2, -0.15) is 0 Å². The van der Waals surface area contributed by atoms with Crippen LogP contribution in [0.3, 0.4) is 0 Å². The van der Waals surface area contributed by atoms with Crippen LogP contribution in [0.15, 0.2) is 0 Å². The van der Waals surface area contributed by atoms with E-state index in [1.54, 1.807) is 0 Å². The van der Waals surface area contributed by atoms with Gasteiger partial charge in [0.05, 0.1) is 26.4 Å². The summed E-state index contributed by atoms with van der Waals surface area (Å²) in [4.78, 5) is 72.9. The highest BCUT2D eigenvalue weighted by Crippen LogP contribution is 2.45. The van der Waals surface area contributed by atoms with Crippen molar-refractivity contribution in [2.24, 2.45) is 17.8 Å². The van der Waals surface area contributed by atoms with E-state index >= 15 is 0 Å². The van der Waals surface area contributed by atoms with E-state index in [0.717, 1.165) is 114 Å². The maximum atomic E-state index is 13.1. The van der Waals surface area contributed by atoms with Crippen LogP contribution in [0.2, 0.25) is 0 Å². The second-order valence-corrected chi connectivity index (χ2v) is 32.6. The van der Waals surface area contributed by atoms with Crippen molar-refractivity contribution in [1.82, 2.24) is 0 Å². The molecule has 0 bridgehead atoms. The van der Waals surface area contributed by atoms with Gasteiger partial charge in [-0.1, -0.05) is 357 Å². The Bertz CT molecular complexity index is 1910. The zero-order chi connectivity index (χ0) is 72.3. The highest BCUT2D eigenvalue weighted by atomic mass is 31.2. The quantitative estimate of drug-likeness (QED) is 0.0222. The lowest BCUT2D eigenvalue weighted by Crippen LogP contribution is -2.30. The first-order chi connectivity index (χ1) is 47.3. The molecule has 582 valence electrons. The molecule has 0 spiro atoms. The van der Waals surface area contributed by atoms with Crippen molar-refractivity contribution in [2.45, 2.75) is 426 Å². The molecule has 0 aromatic heterocycles. The molecular weight excluding hydrogens is 1280 g/mol. The zero-order valence-corrected chi connectivity index (χ0v) is 66.0. The Morgan fingerprint density at radius 2 is 0.520 bits per heavy atom. The van der Waals surface area contributed by atoms with Crippen LogP contribution < -0.4 is 0 Å². The van der Waals surface area contributed by atoms with Crippen LogP contribution in [0.5, 0.6) is 0 Å². The number of hydrogen-bond donors (Lipinski definition) is 3. The van der Waals surface area contributed by atoms with Gasteiger partial charge in [-0.15, -0.1) is 0 Å². The number of esters is 4. The maximum absolute atomic E-state index is 13.1. The van der Waals surface area contributed by atoms with Crippen molar-refractivity contribution in [3.8, 4) is 0 Å². The van der Waals surface area contributed by atoms with Crippen LogP contribution in [0.25, 0.3) is 0 Å². The second-order valence-electron chi connectivity index (χ2n) is 29.6. The van der Waals surface area contributed by atoms with Crippen molar-refractivity contribution >= 4 is 39.5 Å². The van der Waals surface area contributed by atoms with E-state index in [2.05, 4.69) is 48.5 Å². The van der Waals surface area contributed by atoms with Gasteiger partial charge in [-0.25, -0.2) is 9.13 Å². The van der Waals surface area contributed by atoms with Crippen molar-refractivity contribution < 1.29 is 80.2 Å². The van der Waals surface area contributed by atoms with E-state index in [1.807, 2.05) is 0 Å². The van der Waals surface area contributed by atoms with Crippen LogP contribution >= 0.6 is 15.6 Å². The van der Waals surface area contributed by atoms with Crippen LogP contribution in [0.1, 0.15) is 408 Å². The Kier molecular flexibility index (Phi) is 68.1. The number of phosphoric acid groups is 2. The van der Waals surface area contributed by atoms with E-state index in [1.165, 1.54) is 212 Å². The third kappa shape index (κ3) is 71.1. The molecule has 0 fully saturated rings. The first-order valence-electron chi connectivity index (χ1n) is 40.9. The molecule has 0 rings (SSSR count). The normalized spacial score (nSPS) is 14.3. The van der Waals surface area contributed by atoms with Gasteiger partial charge in [0.15, 0.2) is 12.2 Å². The highest BCUT2D eigenvalue weighted by molar-refractivity contribution is 7.47. The van der Waals surface area contributed by atoms with Crippen molar-refractivity contribution in [1.29, 1.82) is 0 Å². The largest absolute Gasteiger partial charge is 0.472 e. The average molecular weight is 1440 g/mol. The van der Waals surface area contributed by atoms with E-state index in [4.69, 9.17) is 37.0 Å². The number of rotatable bonds is 77. The summed E-state index contributed by atoms with van der Waals surface area (Å²) >= 11 is 0. The number of carbonyl (C=O) groups is 4. The molecule has 17 nitrogen and oxygen atoms in total. The van der Waals surface area contributed by atoms with Gasteiger partial charge < -0.3 is 33.8 Å². The second kappa shape index (κ2) is 69.4. The molecule has 0 aliphatic carbocycles. The number of hydrogen-bond acceptors (Lipinski definition) is 15. The van der Waals surface area contributed by atoms with Gasteiger partial charge in [0.1, 0.15) is 19.3 Å². The van der Waals surface area contributed by atoms with Crippen molar-refractivity contribution in [3.63, 3.8) is 0 Å². The minimum atomic E-state index is -4.96. The molecule has 3 unspecified atom stereocenters. The average Bonchev–Trinajstić information content (AvgIpc) is 0.958. The van der Waals surface area contributed by atoms with E-state index in [0.29, 0.717) is 25.7 Å². The smallest absolute Gasteiger partial charge is 0.462 e. The number of phosphoric ester groups is 2. The number of aliphatic hydroxyl groups excluding tert-OH is 1. The van der Waals surface area contributed by atoms with Gasteiger partial charge in [-0.05, 0) is 43.4 Å². The van der Waals surface area contributed by atoms with Gasteiger partial charge in [-0.3, -0.25) is 37.3 Å². The van der Waals surface area contributed by atoms with Crippen LogP contribution in [0, 0.1) is 17.8 Å². The van der Waals surface area contributed by atoms with Crippen LogP contribution in [-0.2, 0) is 65.4 Å². The Labute approximate surface area is 600 Å². The standard InChI is InChI=1S/C79H154O17P2/c1-8-10-11-12-13-39-46-53-60-76(81)89-66-74(95-79(84)63-56-49-42-35-29-23-25-31-37-44-51-58-71(5)6)68-93-97(85,86)91-64-73(80)65-92-98(87,88)94-69-75(96-78(83)62-55-48-41-34-28-22-16-14-15-19-24-30-36-43-50-57-70(3)4)67-90-77(82)61-54-47-40-33-27-21-18-17-20-26-32-38-45-52-59-72(7)9-2/h70-75,80H,8-69H2,1-7H3,(H,85,86)(H,87,88)/t72?,73-,74+,75+/m0/s1. The fourth-order valence-electron chi connectivity index (χ4n) is 12.1. The summed E-state index contributed by atoms with van der Waals surface area (Å²) in [5.41, 5.74) is 0. The lowest BCUT2D eigenvalue weighted by Gasteiger charge is -2.21. The summed E-state index contributed by atoms with van der Waals surface area (Å²) in [5, 5.41) is 10.6. The lowest BCUT2D eigenvalue weighted by molar-refractivity contribution is -0.161. The number of ether oxygens (including phenoxy) is 4. The summed E-state index contributed by atoms with van der Waals surface area (Å²) in [6.45, 7) is 12.0. The van der Waals surface area contributed by atoms with Gasteiger partial charge in [0, 0.05) is 25.7 Å². The van der Waals surface area contributed by atoms with E-state index in [-0.39, 0.29) is 25.7 Å². The van der Waals surface area contributed by atoms with Crippen LogP contribution in [0.4, 0.5) is 0 Å². The monoisotopic (exact) mass is 1440 g/mol. The molecule has 0 aliphatic rings. The first kappa shape index (κ1) is 96.1. The Morgan fingerprint density at radius 3 is 0.776 bits per heavy atom. The molecule has 6 atom stereocenters. The molecule has 0 saturated carbocycles. The molecule has 19 heteroatoms. The fraction of sp³-hybridized carbons (Fsp3) is 0.949. The predicted octanol–water partition coefficient (Wildman–Crippen LogP) is 23.4. The summed E-state index contributed by atoms with van der Waals surface area (Å²) in [7, 11) is -9.91. The minimum Gasteiger partial charge on any atom is -0.462 e. The molecule has 0 amide bonds. The lowest BCUT2D eigenvalue weighted by atomic mass is 9.99. The zero-order valence-electron chi connectivity index (χ0n) is 64.3. The minimum absolute atomic E-state index is 0.106. The molecular formula is C79H154O17P2. The summed E-state index contributed by atoms with van der Waals surface area (Å²) in [6.07, 6.45) is 56.8. The predicted molar refractivity (Wildman–Crippen MR) is 400 cm³/mol. The third-order valence-corrected chi connectivity index (χ3v) is 20.6. The van der Waals surface area contributed by atoms with Crippen LogP contribution in [-0.4, -0.2) is 96.7 Å². The third-order valence-electron chi connectivity index (χ3n) is 18.7. The Morgan fingerprint density at radius 1 is 0.296 bits per heavy atom. The molecule has 0 saturated heterocycles. The van der Waals surface area contributed by atoms with Gasteiger partial charge >= 0.3 is 39.5 Å². The van der Waals surface area contributed by atoms with Gasteiger partial charge in [0.2, 0.25) is 0 Å². The molecule has 0 aromatic rings. The molecule has 98 heavy (non-hydrogen) atoms. The number of unbranched alkanes of at least 4 members (excludes halogenated alkanes) is 44. The first-order valence-corrected chi connectivity index (χ1v) is 43.9. The summed E-state index contributed by atoms with van der Waals surface area (Å²) in [6, 6.07) is 0. The molecule has 3 N–H and O–H groups in total. The van der Waals surface area contributed by atoms with Crippen molar-refractivity contribution in [3.05, 3.63) is 0 Å². The molecule has 0 radical (unpaired) electrons. The number of carbonyl (C=O) groups excluding carboxylic acids is 4. The topological polar surface area (TPSA) is 237 Å². The summed E-state index contributed by atoms with van der Waals surface area (Å²) in [5.74, 6) is 0.303.